The summed E-state index contributed by atoms with van der Waals surface area (Å²) in [5.41, 5.74) is 6.02. The van der Waals surface area contributed by atoms with Gasteiger partial charge in [-0.1, -0.05) is 18.2 Å². The average molecular weight is 386 g/mol. The second-order valence-electron chi connectivity index (χ2n) is 6.65. The molecule has 1 heterocycles. The molecular weight excluding hydrogens is 363 g/mol. The van der Waals surface area contributed by atoms with Crippen molar-refractivity contribution >= 4 is 11.9 Å². The van der Waals surface area contributed by atoms with Gasteiger partial charge in [0, 0.05) is 18.3 Å². The van der Waals surface area contributed by atoms with Gasteiger partial charge in [-0.15, -0.1) is 0 Å². The molecule has 0 radical (unpaired) electrons. The molecule has 3 N–H and O–H groups in total. The second-order valence-corrected chi connectivity index (χ2v) is 6.65. The average Bonchev–Trinajstić information content (AvgIpc) is 3.20. The first-order valence-electron chi connectivity index (χ1n) is 9.28. The van der Waals surface area contributed by atoms with Gasteiger partial charge in [-0.05, 0) is 49.4 Å². The summed E-state index contributed by atoms with van der Waals surface area (Å²) in [5, 5.41) is 2.66. The van der Waals surface area contributed by atoms with Gasteiger partial charge < -0.3 is 10.1 Å². The first-order chi connectivity index (χ1) is 13.6. The summed E-state index contributed by atoms with van der Waals surface area (Å²) in [6.07, 6.45) is 6.21. The minimum Gasteiger partial charge on any atom is -0.474 e. The molecule has 0 saturated heterocycles. The molecule has 28 heavy (non-hydrogen) atoms. The molecule has 0 spiro atoms. The highest BCUT2D eigenvalue weighted by atomic mass is 19.1. The molecule has 0 aliphatic heterocycles. The van der Waals surface area contributed by atoms with Crippen LogP contribution in [-0.2, 0) is 17.8 Å². The number of hydrazine groups is 1. The van der Waals surface area contributed by atoms with Crippen LogP contribution in [0.15, 0.2) is 42.6 Å². The summed E-state index contributed by atoms with van der Waals surface area (Å²) in [6.45, 7) is 0.218. The summed E-state index contributed by atoms with van der Waals surface area (Å²) in [4.78, 5) is 28.0. The SMILES string of the molecule is O=C(Cc1ccc(F)cc1)NNC(=O)NCc1cccnc1OC1CCCC1. The Morgan fingerprint density at radius 1 is 1.11 bits per heavy atom. The first kappa shape index (κ1) is 19.6. The maximum absolute atomic E-state index is 12.9. The van der Waals surface area contributed by atoms with Crippen molar-refractivity contribution in [1.82, 2.24) is 21.2 Å². The molecule has 0 unspecified atom stereocenters. The first-order valence-corrected chi connectivity index (χ1v) is 9.28. The van der Waals surface area contributed by atoms with E-state index in [1.165, 1.54) is 24.3 Å². The van der Waals surface area contributed by atoms with Crippen molar-refractivity contribution in [2.75, 3.05) is 0 Å². The fourth-order valence-electron chi connectivity index (χ4n) is 3.01. The van der Waals surface area contributed by atoms with E-state index in [0.717, 1.165) is 31.2 Å². The molecule has 2 aromatic rings. The van der Waals surface area contributed by atoms with E-state index in [1.54, 1.807) is 12.3 Å². The van der Waals surface area contributed by atoms with Crippen molar-refractivity contribution in [3.8, 4) is 5.88 Å². The molecule has 0 atom stereocenters. The lowest BCUT2D eigenvalue weighted by Crippen LogP contribution is -2.47. The fraction of sp³-hybridized carbons (Fsp3) is 0.350. The Kier molecular flexibility index (Phi) is 6.78. The minimum atomic E-state index is -0.553. The highest BCUT2D eigenvalue weighted by Crippen LogP contribution is 2.24. The Hall–Kier alpha value is -3.16. The highest BCUT2D eigenvalue weighted by Gasteiger charge is 2.18. The fourth-order valence-corrected chi connectivity index (χ4v) is 3.01. The van der Waals surface area contributed by atoms with Crippen LogP contribution in [0.1, 0.15) is 36.8 Å². The molecule has 148 valence electrons. The molecule has 3 amide bonds. The van der Waals surface area contributed by atoms with Gasteiger partial charge in [-0.25, -0.2) is 19.6 Å². The Morgan fingerprint density at radius 2 is 1.86 bits per heavy atom. The monoisotopic (exact) mass is 386 g/mol. The van der Waals surface area contributed by atoms with Gasteiger partial charge >= 0.3 is 6.03 Å². The van der Waals surface area contributed by atoms with E-state index >= 15 is 0 Å². The van der Waals surface area contributed by atoms with E-state index in [0.29, 0.717) is 11.4 Å². The standard InChI is InChI=1S/C20H23FN4O3/c21-16-9-7-14(8-10-16)12-18(26)24-25-20(27)23-13-15-4-3-11-22-19(15)28-17-5-1-2-6-17/h3-4,7-11,17H,1-2,5-6,12-13H2,(H,24,26)(H2,23,25,27). The van der Waals surface area contributed by atoms with Crippen molar-refractivity contribution in [3.63, 3.8) is 0 Å². The molecule has 8 heteroatoms. The van der Waals surface area contributed by atoms with Crippen molar-refractivity contribution in [2.24, 2.45) is 0 Å². The van der Waals surface area contributed by atoms with E-state index in [2.05, 4.69) is 21.2 Å². The van der Waals surface area contributed by atoms with E-state index in [9.17, 15) is 14.0 Å². The zero-order valence-electron chi connectivity index (χ0n) is 15.4. The number of ether oxygens (including phenoxy) is 1. The quantitative estimate of drug-likeness (QED) is 0.666. The number of urea groups is 1. The maximum atomic E-state index is 12.9. The number of halogens is 1. The normalized spacial score (nSPS) is 13.8. The third kappa shape index (κ3) is 5.94. The summed E-state index contributed by atoms with van der Waals surface area (Å²) < 4.78 is 18.8. The lowest BCUT2D eigenvalue weighted by atomic mass is 10.1. The van der Waals surface area contributed by atoms with Crippen LogP contribution in [0.25, 0.3) is 0 Å². The number of pyridine rings is 1. The topological polar surface area (TPSA) is 92.4 Å². The molecule has 0 bridgehead atoms. The van der Waals surface area contributed by atoms with Gasteiger partial charge in [-0.2, -0.15) is 0 Å². The number of hydrogen-bond donors (Lipinski definition) is 3. The predicted molar refractivity (Wildman–Crippen MR) is 101 cm³/mol. The van der Waals surface area contributed by atoms with Crippen molar-refractivity contribution in [1.29, 1.82) is 0 Å². The molecule has 1 aromatic heterocycles. The summed E-state index contributed by atoms with van der Waals surface area (Å²) in [5.74, 6) is -0.253. The van der Waals surface area contributed by atoms with Gasteiger partial charge in [0.1, 0.15) is 11.9 Å². The van der Waals surface area contributed by atoms with Crippen LogP contribution in [0.2, 0.25) is 0 Å². The summed E-state index contributed by atoms with van der Waals surface area (Å²) in [7, 11) is 0. The van der Waals surface area contributed by atoms with E-state index in [-0.39, 0.29) is 24.9 Å². The van der Waals surface area contributed by atoms with Crippen molar-refractivity contribution in [2.45, 2.75) is 44.8 Å². The van der Waals surface area contributed by atoms with Crippen LogP contribution in [0, 0.1) is 5.82 Å². The van der Waals surface area contributed by atoms with Crippen LogP contribution >= 0.6 is 0 Å². The molecule has 1 fully saturated rings. The number of amides is 3. The van der Waals surface area contributed by atoms with Crippen molar-refractivity contribution in [3.05, 3.63) is 59.5 Å². The van der Waals surface area contributed by atoms with Gasteiger partial charge in [0.2, 0.25) is 11.8 Å². The second kappa shape index (κ2) is 9.68. The van der Waals surface area contributed by atoms with Gasteiger partial charge in [0.15, 0.2) is 0 Å². The zero-order chi connectivity index (χ0) is 19.8. The third-order valence-electron chi connectivity index (χ3n) is 4.46. The Balaban J connectivity index is 1.42. The summed E-state index contributed by atoms with van der Waals surface area (Å²) in [6, 6.07) is 8.66. The maximum Gasteiger partial charge on any atom is 0.333 e. The largest absolute Gasteiger partial charge is 0.474 e. The molecule has 1 saturated carbocycles. The molecular formula is C20H23FN4O3. The molecule has 1 aliphatic rings. The highest BCUT2D eigenvalue weighted by molar-refractivity contribution is 5.82. The third-order valence-corrected chi connectivity index (χ3v) is 4.46. The van der Waals surface area contributed by atoms with Crippen LogP contribution < -0.4 is 20.9 Å². The Morgan fingerprint density at radius 3 is 2.61 bits per heavy atom. The Bertz CT molecular complexity index is 807. The van der Waals surface area contributed by atoms with Crippen LogP contribution in [0.5, 0.6) is 5.88 Å². The number of hydrogen-bond acceptors (Lipinski definition) is 4. The number of benzene rings is 1. The number of rotatable bonds is 6. The van der Waals surface area contributed by atoms with Gasteiger partial charge in [-0.3, -0.25) is 10.2 Å². The van der Waals surface area contributed by atoms with Crippen molar-refractivity contribution < 1.29 is 18.7 Å². The number of nitrogens with one attached hydrogen (secondary N) is 3. The Labute approximate surface area is 162 Å². The predicted octanol–water partition coefficient (Wildman–Crippen LogP) is 2.62. The van der Waals surface area contributed by atoms with Crippen LogP contribution in [0.4, 0.5) is 9.18 Å². The number of aromatic nitrogens is 1. The number of nitrogens with zero attached hydrogens (tertiary/aromatic N) is 1. The lowest BCUT2D eigenvalue weighted by molar-refractivity contribution is -0.121. The van der Waals surface area contributed by atoms with Crippen LogP contribution in [0.3, 0.4) is 0 Å². The van der Waals surface area contributed by atoms with Gasteiger partial charge in [0.25, 0.3) is 0 Å². The smallest absolute Gasteiger partial charge is 0.333 e. The zero-order valence-corrected chi connectivity index (χ0v) is 15.4. The van der Waals surface area contributed by atoms with Crippen LogP contribution in [-0.4, -0.2) is 23.0 Å². The molecule has 1 aromatic carbocycles. The lowest BCUT2D eigenvalue weighted by Gasteiger charge is -2.15. The number of carbonyl (C=O) groups excluding carboxylic acids is 2. The molecule has 1 aliphatic carbocycles. The van der Waals surface area contributed by atoms with Gasteiger partial charge in [0.05, 0.1) is 6.42 Å². The van der Waals surface area contributed by atoms with E-state index < -0.39 is 11.9 Å². The molecule has 7 nitrogen and oxygen atoms in total. The van der Waals surface area contributed by atoms with E-state index in [4.69, 9.17) is 4.74 Å². The summed E-state index contributed by atoms with van der Waals surface area (Å²) >= 11 is 0. The minimum absolute atomic E-state index is 0.0303. The number of carbonyl (C=O) groups is 2. The van der Waals surface area contributed by atoms with E-state index in [1.807, 2.05) is 6.07 Å². The molecule has 3 rings (SSSR count).